The van der Waals surface area contributed by atoms with Crippen LogP contribution in [0.2, 0.25) is 0 Å². The van der Waals surface area contributed by atoms with Gasteiger partial charge in [-0.1, -0.05) is 36.4 Å². The van der Waals surface area contributed by atoms with E-state index in [1.807, 2.05) is 56.5 Å². The molecule has 1 N–H and O–H groups in total. The van der Waals surface area contributed by atoms with Crippen LogP contribution in [0.5, 0.6) is 11.5 Å². The first kappa shape index (κ1) is 34.4. The largest absolute Gasteiger partial charge is 0.489 e. The fourth-order valence-corrected chi connectivity index (χ4v) is 5.13. The molecule has 3 aromatic carbocycles. The Labute approximate surface area is 273 Å². The molecule has 0 saturated heterocycles. The molecule has 46 heavy (non-hydrogen) atoms. The van der Waals surface area contributed by atoms with E-state index in [0.717, 1.165) is 10.6 Å². The minimum absolute atomic E-state index is 0.0587. The minimum atomic E-state index is -0.683. The summed E-state index contributed by atoms with van der Waals surface area (Å²) < 4.78 is 39.2. The van der Waals surface area contributed by atoms with E-state index < -0.39 is 29.2 Å². The van der Waals surface area contributed by atoms with Crippen molar-refractivity contribution in [3.63, 3.8) is 0 Å². The van der Waals surface area contributed by atoms with Crippen molar-refractivity contribution in [1.29, 1.82) is 0 Å². The summed E-state index contributed by atoms with van der Waals surface area (Å²) in [7, 11) is 0. The molecule has 1 amide bonds. The van der Waals surface area contributed by atoms with Crippen LogP contribution in [0.3, 0.4) is 0 Å². The molecule has 10 heteroatoms. The molecule has 4 aromatic rings. The van der Waals surface area contributed by atoms with Crippen LogP contribution in [0.1, 0.15) is 76.2 Å². The van der Waals surface area contributed by atoms with Gasteiger partial charge in [-0.25, -0.2) is 14.2 Å². The Morgan fingerprint density at radius 1 is 0.913 bits per heavy atom. The summed E-state index contributed by atoms with van der Waals surface area (Å²) in [5.41, 5.74) is 1.35. The molecule has 0 fully saturated rings. The van der Waals surface area contributed by atoms with Crippen LogP contribution in [0, 0.1) is 5.82 Å². The number of halogens is 1. The molecule has 1 atom stereocenters. The number of para-hydroxylation sites is 1. The number of alkyl carbamates (subject to hydrolysis) is 1. The number of carbonyl (C=O) groups is 2. The maximum atomic E-state index is 16.1. The SMILES string of the molecule is C[C@H](NC(=O)OC(C)(C)C)c1cccc(-c2cc(COc3ccccc3CC(=O)OC(C)(C)C)cc(OCc3nccs3)c2)c1F. The summed E-state index contributed by atoms with van der Waals surface area (Å²) in [6, 6.07) is 17.1. The Kier molecular flexibility index (Phi) is 11.1. The van der Waals surface area contributed by atoms with Gasteiger partial charge in [-0.2, -0.15) is 0 Å². The van der Waals surface area contributed by atoms with Gasteiger partial charge >= 0.3 is 12.1 Å². The molecule has 0 aliphatic heterocycles. The zero-order valence-electron chi connectivity index (χ0n) is 27.3. The molecule has 0 aliphatic carbocycles. The van der Waals surface area contributed by atoms with Crippen molar-refractivity contribution >= 4 is 23.4 Å². The summed E-state index contributed by atoms with van der Waals surface area (Å²) in [5, 5.41) is 5.39. The molecule has 1 heterocycles. The van der Waals surface area contributed by atoms with Gasteiger partial charge < -0.3 is 24.3 Å². The predicted molar refractivity (Wildman–Crippen MR) is 176 cm³/mol. The smallest absolute Gasteiger partial charge is 0.408 e. The monoisotopic (exact) mass is 648 g/mol. The van der Waals surface area contributed by atoms with Crippen LogP contribution in [-0.4, -0.2) is 28.2 Å². The number of aromatic nitrogens is 1. The summed E-state index contributed by atoms with van der Waals surface area (Å²) in [6.45, 7) is 12.9. The number of carbonyl (C=O) groups excluding carboxylic acids is 2. The van der Waals surface area contributed by atoms with Crippen molar-refractivity contribution in [2.24, 2.45) is 0 Å². The van der Waals surface area contributed by atoms with Crippen molar-refractivity contribution < 1.29 is 32.9 Å². The second kappa shape index (κ2) is 14.8. The van der Waals surface area contributed by atoms with E-state index in [2.05, 4.69) is 10.3 Å². The Hall–Kier alpha value is -4.44. The number of hydrogen-bond donors (Lipinski definition) is 1. The van der Waals surface area contributed by atoms with Crippen molar-refractivity contribution in [3.8, 4) is 22.6 Å². The van der Waals surface area contributed by atoms with Gasteiger partial charge in [-0.15, -0.1) is 11.3 Å². The Morgan fingerprint density at radius 3 is 2.35 bits per heavy atom. The van der Waals surface area contributed by atoms with E-state index in [1.54, 1.807) is 64.2 Å². The minimum Gasteiger partial charge on any atom is -0.489 e. The predicted octanol–water partition coefficient (Wildman–Crippen LogP) is 8.58. The molecule has 0 unspecified atom stereocenters. The van der Waals surface area contributed by atoms with Gasteiger partial charge in [-0.3, -0.25) is 4.79 Å². The van der Waals surface area contributed by atoms with Gasteiger partial charge in [0.1, 0.15) is 46.7 Å². The number of esters is 1. The van der Waals surface area contributed by atoms with E-state index in [-0.39, 0.29) is 25.6 Å². The molecule has 0 bridgehead atoms. The van der Waals surface area contributed by atoms with E-state index in [1.165, 1.54) is 11.3 Å². The van der Waals surface area contributed by atoms with Gasteiger partial charge in [0.2, 0.25) is 0 Å². The lowest BCUT2D eigenvalue weighted by atomic mass is 9.97. The highest BCUT2D eigenvalue weighted by molar-refractivity contribution is 7.09. The van der Waals surface area contributed by atoms with Crippen LogP contribution < -0.4 is 14.8 Å². The first-order chi connectivity index (χ1) is 21.7. The summed E-state index contributed by atoms with van der Waals surface area (Å²) >= 11 is 1.48. The molecule has 4 rings (SSSR count). The molecule has 0 saturated carbocycles. The average molecular weight is 649 g/mol. The van der Waals surface area contributed by atoms with Gasteiger partial charge in [0.25, 0.3) is 0 Å². The van der Waals surface area contributed by atoms with E-state index >= 15 is 4.39 Å². The van der Waals surface area contributed by atoms with Crippen LogP contribution in [-0.2, 0) is 33.9 Å². The number of amides is 1. The zero-order chi connectivity index (χ0) is 33.5. The second-order valence-corrected chi connectivity index (χ2v) is 13.8. The molecule has 8 nitrogen and oxygen atoms in total. The van der Waals surface area contributed by atoms with Gasteiger partial charge in [0.15, 0.2) is 0 Å². The lowest BCUT2D eigenvalue weighted by Crippen LogP contribution is -2.34. The summed E-state index contributed by atoms with van der Waals surface area (Å²) in [5.74, 6) is 0.226. The highest BCUT2D eigenvalue weighted by Crippen LogP contribution is 2.33. The van der Waals surface area contributed by atoms with E-state index in [9.17, 15) is 9.59 Å². The van der Waals surface area contributed by atoms with Gasteiger partial charge in [0, 0.05) is 28.3 Å². The number of thiazole rings is 1. The third-order valence-electron chi connectivity index (χ3n) is 6.47. The number of hydrogen-bond acceptors (Lipinski definition) is 8. The van der Waals surface area contributed by atoms with Crippen molar-refractivity contribution in [1.82, 2.24) is 10.3 Å². The Balaban J connectivity index is 1.61. The molecular weight excluding hydrogens is 607 g/mol. The summed E-state index contributed by atoms with van der Waals surface area (Å²) in [4.78, 5) is 29.2. The Bertz CT molecular complexity index is 1640. The standard InChI is InChI=1S/C36H41FN2O6S/c1-23(39-34(41)45-36(5,6)7)28-12-10-13-29(33(28)37)26-17-24(18-27(19-26)42-22-31-38-15-16-46-31)21-43-30-14-9-8-11-25(30)20-32(40)44-35(2,3)4/h8-19,23H,20-22H2,1-7H3,(H,39,41)/t23-/m0/s1. The molecule has 0 spiro atoms. The molecular formula is C36H41FN2O6S. The van der Waals surface area contributed by atoms with Crippen molar-refractivity contribution in [2.75, 3.05) is 0 Å². The first-order valence-corrected chi connectivity index (χ1v) is 15.9. The number of ether oxygens (including phenoxy) is 4. The normalized spacial score (nSPS) is 12.3. The fourth-order valence-electron chi connectivity index (χ4n) is 4.61. The second-order valence-electron chi connectivity index (χ2n) is 12.8. The highest BCUT2D eigenvalue weighted by Gasteiger charge is 2.22. The van der Waals surface area contributed by atoms with Crippen LogP contribution in [0.25, 0.3) is 11.1 Å². The maximum Gasteiger partial charge on any atom is 0.408 e. The number of benzene rings is 3. The topological polar surface area (TPSA) is 96.0 Å². The van der Waals surface area contributed by atoms with Gasteiger partial charge in [0.05, 0.1) is 12.5 Å². The number of nitrogens with one attached hydrogen (secondary N) is 1. The molecule has 0 aliphatic rings. The third-order valence-corrected chi connectivity index (χ3v) is 7.23. The molecule has 1 aromatic heterocycles. The lowest BCUT2D eigenvalue weighted by Gasteiger charge is -2.22. The van der Waals surface area contributed by atoms with Crippen molar-refractivity contribution in [3.05, 3.63) is 99.8 Å². The maximum absolute atomic E-state index is 16.1. The van der Waals surface area contributed by atoms with Crippen molar-refractivity contribution in [2.45, 2.75) is 85.3 Å². The molecule has 244 valence electrons. The van der Waals surface area contributed by atoms with Gasteiger partial charge in [-0.05, 0) is 83.9 Å². The first-order valence-electron chi connectivity index (χ1n) is 15.0. The number of nitrogens with zero attached hydrogens (tertiary/aromatic N) is 1. The van der Waals surface area contributed by atoms with Crippen LogP contribution >= 0.6 is 11.3 Å². The zero-order valence-corrected chi connectivity index (χ0v) is 28.1. The average Bonchev–Trinajstić information content (AvgIpc) is 3.47. The number of rotatable bonds is 11. The quantitative estimate of drug-likeness (QED) is 0.163. The van der Waals surface area contributed by atoms with E-state index in [4.69, 9.17) is 18.9 Å². The van der Waals surface area contributed by atoms with E-state index in [0.29, 0.717) is 33.8 Å². The fraction of sp³-hybridized carbons (Fsp3) is 0.361. The highest BCUT2D eigenvalue weighted by atomic mass is 32.1. The van der Waals surface area contributed by atoms with Crippen LogP contribution in [0.4, 0.5) is 9.18 Å². The summed E-state index contributed by atoms with van der Waals surface area (Å²) in [6.07, 6.45) is 1.14. The molecule has 0 radical (unpaired) electrons. The lowest BCUT2D eigenvalue weighted by molar-refractivity contribution is -0.153. The Morgan fingerprint density at radius 2 is 1.65 bits per heavy atom. The third kappa shape index (κ3) is 10.3. The van der Waals surface area contributed by atoms with Crippen LogP contribution in [0.15, 0.2) is 72.2 Å².